The molecule has 24 heavy (non-hydrogen) atoms. The Labute approximate surface area is 144 Å². The minimum Gasteiger partial charge on any atom is -0.468 e. The summed E-state index contributed by atoms with van der Waals surface area (Å²) in [7, 11) is 3.91. The zero-order valence-electron chi connectivity index (χ0n) is 13.6. The summed E-state index contributed by atoms with van der Waals surface area (Å²) in [4.78, 5) is 18.5. The zero-order valence-corrected chi connectivity index (χ0v) is 14.4. The van der Waals surface area contributed by atoms with Crippen LogP contribution in [0.15, 0.2) is 53.2 Å². The molecule has 0 spiro atoms. The number of fused-ring (bicyclic) bond motifs is 1. The molecule has 6 heteroatoms. The topological polar surface area (TPSA) is 58.4 Å². The number of nitrogens with zero attached hydrogens (tertiary/aromatic N) is 2. The largest absolute Gasteiger partial charge is 0.468 e. The highest BCUT2D eigenvalue weighted by atomic mass is 32.1. The molecule has 1 N–H and O–H groups in total. The van der Waals surface area contributed by atoms with E-state index in [1.165, 1.54) is 6.08 Å². The van der Waals surface area contributed by atoms with Gasteiger partial charge in [0.2, 0.25) is 5.91 Å². The molecular formula is C18H19N3O2S. The fourth-order valence-electron chi connectivity index (χ4n) is 2.38. The molecule has 5 nitrogen and oxygen atoms in total. The maximum Gasteiger partial charge on any atom is 0.244 e. The van der Waals surface area contributed by atoms with Gasteiger partial charge in [-0.1, -0.05) is 12.1 Å². The van der Waals surface area contributed by atoms with Gasteiger partial charge in [-0.2, -0.15) is 0 Å². The first-order valence-electron chi connectivity index (χ1n) is 7.65. The monoisotopic (exact) mass is 341 g/mol. The molecule has 2 heterocycles. The Hall–Kier alpha value is -2.44. The predicted molar refractivity (Wildman–Crippen MR) is 96.8 cm³/mol. The number of benzene rings is 1. The number of aromatic nitrogens is 1. The Morgan fingerprint density at radius 3 is 2.88 bits per heavy atom. The van der Waals surface area contributed by atoms with Gasteiger partial charge in [-0.3, -0.25) is 9.69 Å². The van der Waals surface area contributed by atoms with Crippen LogP contribution in [0.2, 0.25) is 0 Å². The van der Waals surface area contributed by atoms with Gasteiger partial charge in [0, 0.05) is 12.6 Å². The summed E-state index contributed by atoms with van der Waals surface area (Å²) in [5.74, 6) is 0.683. The standard InChI is InChI=1S/C18H19N3O2S/c1-21(2)14(15-7-5-11-23-15)12-19-17(22)9-10-18-20-13-6-3-4-8-16(13)24-18/h3-11,14H,12H2,1-2H3,(H,19,22). The van der Waals surface area contributed by atoms with E-state index in [9.17, 15) is 4.79 Å². The van der Waals surface area contributed by atoms with Crippen molar-refractivity contribution in [2.24, 2.45) is 0 Å². The number of rotatable bonds is 6. The van der Waals surface area contributed by atoms with E-state index < -0.39 is 0 Å². The molecule has 3 aromatic rings. The van der Waals surface area contributed by atoms with Gasteiger partial charge in [-0.05, 0) is 44.4 Å². The van der Waals surface area contributed by atoms with Crippen molar-refractivity contribution in [2.75, 3.05) is 20.6 Å². The van der Waals surface area contributed by atoms with E-state index >= 15 is 0 Å². The normalized spacial score (nSPS) is 13.0. The Morgan fingerprint density at radius 2 is 2.17 bits per heavy atom. The molecule has 0 radical (unpaired) electrons. The van der Waals surface area contributed by atoms with Gasteiger partial charge in [0.25, 0.3) is 0 Å². The summed E-state index contributed by atoms with van der Waals surface area (Å²) < 4.78 is 6.55. The Bertz CT molecular complexity index is 804. The molecule has 0 aliphatic carbocycles. The molecule has 1 amide bonds. The molecule has 124 valence electrons. The van der Waals surface area contributed by atoms with Gasteiger partial charge < -0.3 is 9.73 Å². The lowest BCUT2D eigenvalue weighted by molar-refractivity contribution is -0.116. The number of carbonyl (C=O) groups is 1. The van der Waals surface area contributed by atoms with E-state index in [0.717, 1.165) is 21.0 Å². The Balaban J connectivity index is 1.60. The fraction of sp³-hybridized carbons (Fsp3) is 0.222. The van der Waals surface area contributed by atoms with Crippen LogP contribution in [0.5, 0.6) is 0 Å². The van der Waals surface area contributed by atoms with Gasteiger partial charge >= 0.3 is 0 Å². The number of nitrogens with one attached hydrogen (secondary N) is 1. The Kier molecular flexibility index (Phi) is 5.08. The second-order valence-electron chi connectivity index (χ2n) is 5.59. The fourth-order valence-corrected chi connectivity index (χ4v) is 3.25. The predicted octanol–water partition coefficient (Wildman–Crippen LogP) is 3.32. The van der Waals surface area contributed by atoms with E-state index in [-0.39, 0.29) is 11.9 Å². The number of thiazole rings is 1. The SMILES string of the molecule is CN(C)C(CNC(=O)C=Cc1nc2ccccc2s1)c1ccco1. The molecule has 0 saturated heterocycles. The maximum absolute atomic E-state index is 12.1. The van der Waals surface area contributed by atoms with Gasteiger partial charge in [0.05, 0.1) is 22.5 Å². The third kappa shape index (κ3) is 3.90. The van der Waals surface area contributed by atoms with Crippen LogP contribution in [-0.2, 0) is 4.79 Å². The first-order valence-corrected chi connectivity index (χ1v) is 8.46. The highest BCUT2D eigenvalue weighted by molar-refractivity contribution is 7.19. The number of carbonyl (C=O) groups excluding carboxylic acids is 1. The number of hydrogen-bond acceptors (Lipinski definition) is 5. The van der Waals surface area contributed by atoms with Crippen molar-refractivity contribution in [1.29, 1.82) is 0 Å². The molecule has 3 rings (SSSR count). The van der Waals surface area contributed by atoms with E-state index in [0.29, 0.717) is 6.54 Å². The minimum absolute atomic E-state index is 0.000184. The van der Waals surface area contributed by atoms with Crippen molar-refractivity contribution >= 4 is 33.5 Å². The molecule has 0 bridgehead atoms. The van der Waals surface area contributed by atoms with Crippen LogP contribution < -0.4 is 5.32 Å². The second kappa shape index (κ2) is 7.42. The molecule has 2 aromatic heterocycles. The van der Waals surface area contributed by atoms with Crippen LogP contribution in [0, 0.1) is 0 Å². The quantitative estimate of drug-likeness (QED) is 0.699. The van der Waals surface area contributed by atoms with Crippen LogP contribution in [-0.4, -0.2) is 36.4 Å². The van der Waals surface area contributed by atoms with Crippen molar-refractivity contribution in [3.63, 3.8) is 0 Å². The van der Waals surface area contributed by atoms with Gasteiger partial charge in [0.15, 0.2) is 0 Å². The average molecular weight is 341 g/mol. The summed E-state index contributed by atoms with van der Waals surface area (Å²) in [5, 5.41) is 3.73. The number of hydrogen-bond donors (Lipinski definition) is 1. The first-order chi connectivity index (χ1) is 11.6. The van der Waals surface area contributed by atoms with E-state index in [4.69, 9.17) is 4.42 Å². The van der Waals surface area contributed by atoms with E-state index in [1.54, 1.807) is 23.7 Å². The van der Waals surface area contributed by atoms with Crippen molar-refractivity contribution in [2.45, 2.75) is 6.04 Å². The van der Waals surface area contributed by atoms with Crippen LogP contribution in [0.1, 0.15) is 16.8 Å². The molecule has 1 aromatic carbocycles. The van der Waals surface area contributed by atoms with Crippen molar-refractivity contribution in [1.82, 2.24) is 15.2 Å². The summed E-state index contributed by atoms with van der Waals surface area (Å²) in [6.45, 7) is 0.476. The molecule has 1 unspecified atom stereocenters. The van der Waals surface area contributed by atoms with Crippen LogP contribution in [0.3, 0.4) is 0 Å². The zero-order chi connectivity index (χ0) is 16.9. The molecule has 0 fully saturated rings. The maximum atomic E-state index is 12.1. The molecule has 0 saturated carbocycles. The summed E-state index contributed by atoms with van der Waals surface area (Å²) in [5.41, 5.74) is 0.952. The molecule has 1 atom stereocenters. The van der Waals surface area contributed by atoms with Crippen molar-refractivity contribution in [3.8, 4) is 0 Å². The smallest absolute Gasteiger partial charge is 0.244 e. The number of furan rings is 1. The molecule has 0 aliphatic heterocycles. The van der Waals surface area contributed by atoms with Gasteiger partial charge in [0.1, 0.15) is 10.8 Å². The van der Waals surface area contributed by atoms with E-state index in [1.807, 2.05) is 55.4 Å². The van der Waals surface area contributed by atoms with E-state index in [2.05, 4.69) is 10.3 Å². The lowest BCUT2D eigenvalue weighted by atomic mass is 10.2. The van der Waals surface area contributed by atoms with Gasteiger partial charge in [-0.25, -0.2) is 4.98 Å². The van der Waals surface area contributed by atoms with Gasteiger partial charge in [-0.15, -0.1) is 11.3 Å². The highest BCUT2D eigenvalue weighted by Gasteiger charge is 2.17. The van der Waals surface area contributed by atoms with Crippen LogP contribution in [0.4, 0.5) is 0 Å². The van der Waals surface area contributed by atoms with Crippen molar-refractivity contribution < 1.29 is 9.21 Å². The highest BCUT2D eigenvalue weighted by Crippen LogP contribution is 2.22. The van der Waals surface area contributed by atoms with Crippen molar-refractivity contribution in [3.05, 3.63) is 59.5 Å². The number of para-hydroxylation sites is 1. The lowest BCUT2D eigenvalue weighted by Crippen LogP contribution is -2.33. The number of likely N-dealkylation sites (N-methyl/N-ethyl adjacent to an activating group) is 1. The second-order valence-corrected chi connectivity index (χ2v) is 6.66. The third-order valence-electron chi connectivity index (χ3n) is 3.65. The lowest BCUT2D eigenvalue weighted by Gasteiger charge is -2.22. The summed E-state index contributed by atoms with van der Waals surface area (Å²) in [6.07, 6.45) is 4.91. The first kappa shape index (κ1) is 16.4. The van der Waals surface area contributed by atoms with Crippen LogP contribution in [0.25, 0.3) is 16.3 Å². The summed E-state index contributed by atoms with van der Waals surface area (Å²) in [6, 6.07) is 11.7. The average Bonchev–Trinajstić information content (AvgIpc) is 3.22. The summed E-state index contributed by atoms with van der Waals surface area (Å²) >= 11 is 1.57. The third-order valence-corrected chi connectivity index (χ3v) is 4.65. The number of amides is 1. The minimum atomic E-state index is -0.146. The molecule has 0 aliphatic rings. The Morgan fingerprint density at radius 1 is 1.33 bits per heavy atom. The molecular weight excluding hydrogens is 322 g/mol. The van der Waals surface area contributed by atoms with Crippen LogP contribution >= 0.6 is 11.3 Å².